The number of aromatic nitrogens is 1. The van der Waals surface area contributed by atoms with Crippen LogP contribution in [0.4, 0.5) is 5.69 Å². The molecule has 0 atom stereocenters. The summed E-state index contributed by atoms with van der Waals surface area (Å²) >= 11 is 0. The predicted octanol–water partition coefficient (Wildman–Crippen LogP) is 3.32. The predicted molar refractivity (Wildman–Crippen MR) is 104 cm³/mol. The molecule has 0 bridgehead atoms. The van der Waals surface area contributed by atoms with Crippen LogP contribution in [0.3, 0.4) is 0 Å². The molecule has 0 spiro atoms. The van der Waals surface area contributed by atoms with Crippen LogP contribution in [0.5, 0.6) is 0 Å². The van der Waals surface area contributed by atoms with Gasteiger partial charge in [0.15, 0.2) is 0 Å². The zero-order chi connectivity index (χ0) is 17.8. The van der Waals surface area contributed by atoms with E-state index < -0.39 is 0 Å². The minimum Gasteiger partial charge on any atom is -0.371 e. The van der Waals surface area contributed by atoms with E-state index in [9.17, 15) is 4.79 Å². The van der Waals surface area contributed by atoms with E-state index in [1.807, 2.05) is 18.2 Å². The molecule has 1 fully saturated rings. The topological polar surface area (TPSA) is 36.4 Å². The summed E-state index contributed by atoms with van der Waals surface area (Å²) in [5.74, 6) is 0.974. The van der Waals surface area contributed by atoms with Gasteiger partial charge in [-0.3, -0.25) is 9.78 Å². The molecule has 0 N–H and O–H groups in total. The number of piperidine rings is 1. The summed E-state index contributed by atoms with van der Waals surface area (Å²) in [4.78, 5) is 21.4. The third kappa shape index (κ3) is 3.90. The molecule has 2 aromatic rings. The fourth-order valence-corrected chi connectivity index (χ4v) is 4.21. The molecule has 0 radical (unpaired) electrons. The Bertz CT molecular complexity index is 738. The van der Waals surface area contributed by atoms with Crippen molar-refractivity contribution in [1.29, 1.82) is 0 Å². The zero-order valence-electron chi connectivity index (χ0n) is 15.3. The number of nitrogens with zero attached hydrogens (tertiary/aromatic N) is 3. The quantitative estimate of drug-likeness (QED) is 0.831. The van der Waals surface area contributed by atoms with Gasteiger partial charge in [-0.15, -0.1) is 0 Å². The van der Waals surface area contributed by atoms with Gasteiger partial charge in [-0.1, -0.05) is 24.3 Å². The number of pyridine rings is 1. The first-order valence-corrected chi connectivity index (χ1v) is 9.80. The number of rotatable bonds is 5. The van der Waals surface area contributed by atoms with Crippen LogP contribution in [0.1, 0.15) is 30.5 Å². The summed E-state index contributed by atoms with van der Waals surface area (Å²) in [7, 11) is 0. The van der Waals surface area contributed by atoms with Crippen LogP contribution < -0.4 is 4.90 Å². The first-order valence-electron chi connectivity index (χ1n) is 9.80. The number of hydrogen-bond donors (Lipinski definition) is 0. The molecule has 1 aromatic heterocycles. The van der Waals surface area contributed by atoms with Crippen molar-refractivity contribution >= 4 is 11.6 Å². The van der Waals surface area contributed by atoms with Gasteiger partial charge in [-0.05, 0) is 55.4 Å². The van der Waals surface area contributed by atoms with Crippen LogP contribution in [0.25, 0.3) is 0 Å². The summed E-state index contributed by atoms with van der Waals surface area (Å²) < 4.78 is 0. The molecular weight excluding hydrogens is 322 g/mol. The lowest BCUT2D eigenvalue weighted by molar-refractivity contribution is -0.132. The average molecular weight is 349 g/mol. The Morgan fingerprint density at radius 3 is 2.65 bits per heavy atom. The van der Waals surface area contributed by atoms with E-state index in [0.717, 1.165) is 51.1 Å². The van der Waals surface area contributed by atoms with E-state index >= 15 is 0 Å². The van der Waals surface area contributed by atoms with Gasteiger partial charge in [0.25, 0.3) is 0 Å². The van der Waals surface area contributed by atoms with Gasteiger partial charge in [-0.25, -0.2) is 0 Å². The number of carbonyl (C=O) groups is 1. The Hall–Kier alpha value is -2.36. The highest BCUT2D eigenvalue weighted by Crippen LogP contribution is 2.30. The van der Waals surface area contributed by atoms with Gasteiger partial charge >= 0.3 is 0 Å². The summed E-state index contributed by atoms with van der Waals surface area (Å²) in [6, 6.07) is 14.7. The van der Waals surface area contributed by atoms with E-state index in [1.165, 1.54) is 17.7 Å². The Labute approximate surface area is 155 Å². The number of amides is 1. The Balaban J connectivity index is 1.23. The summed E-state index contributed by atoms with van der Waals surface area (Å²) in [5, 5.41) is 0. The molecule has 4 rings (SSSR count). The third-order valence-electron chi connectivity index (χ3n) is 5.75. The maximum atomic E-state index is 12.5. The number of carbonyl (C=O) groups excluding carboxylic acids is 1. The smallest absolute Gasteiger partial charge is 0.222 e. The van der Waals surface area contributed by atoms with Crippen molar-refractivity contribution in [3.05, 3.63) is 59.9 Å². The summed E-state index contributed by atoms with van der Waals surface area (Å²) in [6.45, 7) is 4.08. The molecule has 1 aromatic carbocycles. The molecule has 1 amide bonds. The molecule has 3 heterocycles. The van der Waals surface area contributed by atoms with E-state index in [0.29, 0.717) is 12.3 Å². The minimum absolute atomic E-state index is 0.278. The fourth-order valence-electron chi connectivity index (χ4n) is 4.21. The maximum Gasteiger partial charge on any atom is 0.222 e. The molecular formula is C22H27N3O. The van der Waals surface area contributed by atoms with Crippen molar-refractivity contribution in [2.45, 2.75) is 32.1 Å². The molecule has 1 saturated heterocycles. The first-order chi connectivity index (χ1) is 12.8. The largest absolute Gasteiger partial charge is 0.371 e. The number of hydrogen-bond acceptors (Lipinski definition) is 3. The Morgan fingerprint density at radius 2 is 1.85 bits per heavy atom. The lowest BCUT2D eigenvalue weighted by atomic mass is 9.95. The molecule has 2 aliphatic heterocycles. The van der Waals surface area contributed by atoms with Crippen LogP contribution in [0.15, 0.2) is 48.7 Å². The normalized spacial score (nSPS) is 17.4. The van der Waals surface area contributed by atoms with Crippen molar-refractivity contribution in [1.82, 2.24) is 9.88 Å². The second-order valence-corrected chi connectivity index (χ2v) is 7.47. The van der Waals surface area contributed by atoms with Crippen molar-refractivity contribution in [3.8, 4) is 0 Å². The molecule has 4 heteroatoms. The van der Waals surface area contributed by atoms with E-state index in [1.54, 1.807) is 6.20 Å². The lowest BCUT2D eigenvalue weighted by Crippen LogP contribution is -2.41. The zero-order valence-corrected chi connectivity index (χ0v) is 15.3. The van der Waals surface area contributed by atoms with Gasteiger partial charge in [0, 0.05) is 50.2 Å². The number of aryl methyl sites for hydroxylation is 1. The van der Waals surface area contributed by atoms with Gasteiger partial charge in [-0.2, -0.15) is 0 Å². The van der Waals surface area contributed by atoms with Crippen LogP contribution in [-0.4, -0.2) is 42.0 Å². The van der Waals surface area contributed by atoms with Crippen LogP contribution in [0.2, 0.25) is 0 Å². The molecule has 0 aliphatic carbocycles. The molecule has 2 aliphatic rings. The van der Waals surface area contributed by atoms with Gasteiger partial charge in [0.2, 0.25) is 5.91 Å². The van der Waals surface area contributed by atoms with Gasteiger partial charge in [0.1, 0.15) is 0 Å². The number of fused-ring (bicyclic) bond motifs is 1. The van der Waals surface area contributed by atoms with E-state index in [4.69, 9.17) is 0 Å². The Kier molecular flexibility index (Phi) is 5.19. The highest BCUT2D eigenvalue weighted by Gasteiger charge is 2.26. The van der Waals surface area contributed by atoms with Crippen molar-refractivity contribution in [2.75, 3.05) is 31.1 Å². The molecule has 26 heavy (non-hydrogen) atoms. The highest BCUT2D eigenvalue weighted by atomic mass is 16.2. The highest BCUT2D eigenvalue weighted by molar-refractivity contribution is 5.76. The number of anilines is 1. The molecule has 136 valence electrons. The molecule has 0 unspecified atom stereocenters. The summed E-state index contributed by atoms with van der Waals surface area (Å²) in [5.41, 5.74) is 3.90. The average Bonchev–Trinajstić information content (AvgIpc) is 3.10. The van der Waals surface area contributed by atoms with Crippen molar-refractivity contribution in [2.24, 2.45) is 5.92 Å². The van der Waals surface area contributed by atoms with E-state index in [-0.39, 0.29) is 5.91 Å². The number of benzene rings is 1. The standard InChI is InChI=1S/C22H27N3O/c26-22(9-8-20-6-3-4-13-23-20)24-14-10-18(11-15-24)17-25-16-12-19-5-1-2-7-21(19)25/h1-7,13,18H,8-12,14-17H2. The second-order valence-electron chi connectivity index (χ2n) is 7.47. The fraction of sp³-hybridized carbons (Fsp3) is 0.455. The molecule has 0 saturated carbocycles. The second kappa shape index (κ2) is 7.90. The molecule has 4 nitrogen and oxygen atoms in total. The lowest BCUT2D eigenvalue weighted by Gasteiger charge is -2.34. The van der Waals surface area contributed by atoms with E-state index in [2.05, 4.69) is 39.0 Å². The van der Waals surface area contributed by atoms with Crippen LogP contribution >= 0.6 is 0 Å². The third-order valence-corrected chi connectivity index (χ3v) is 5.75. The first kappa shape index (κ1) is 17.1. The van der Waals surface area contributed by atoms with Crippen molar-refractivity contribution in [3.63, 3.8) is 0 Å². The maximum absolute atomic E-state index is 12.5. The van der Waals surface area contributed by atoms with Gasteiger partial charge in [0.05, 0.1) is 0 Å². The van der Waals surface area contributed by atoms with Gasteiger partial charge < -0.3 is 9.80 Å². The van der Waals surface area contributed by atoms with Crippen LogP contribution in [0, 0.1) is 5.92 Å². The Morgan fingerprint density at radius 1 is 1.04 bits per heavy atom. The van der Waals surface area contributed by atoms with Crippen LogP contribution in [-0.2, 0) is 17.6 Å². The minimum atomic E-state index is 0.278. The monoisotopic (exact) mass is 349 g/mol. The summed E-state index contributed by atoms with van der Waals surface area (Å²) in [6.07, 6.45) is 6.51. The SMILES string of the molecule is O=C(CCc1ccccn1)N1CCC(CN2CCc3ccccc32)CC1. The number of likely N-dealkylation sites (tertiary alicyclic amines) is 1. The van der Waals surface area contributed by atoms with Crippen molar-refractivity contribution < 1.29 is 4.79 Å². The number of para-hydroxylation sites is 1.